The van der Waals surface area contributed by atoms with E-state index >= 15 is 0 Å². The van der Waals surface area contributed by atoms with Gasteiger partial charge in [-0.05, 0) is 61.6 Å². The third-order valence-electron chi connectivity index (χ3n) is 4.52. The van der Waals surface area contributed by atoms with Gasteiger partial charge in [0.25, 0.3) is 0 Å². The number of carbonyl (C=O) groups is 1. The van der Waals surface area contributed by atoms with E-state index in [2.05, 4.69) is 20.3 Å². The van der Waals surface area contributed by atoms with Gasteiger partial charge in [-0.25, -0.2) is 0 Å². The van der Waals surface area contributed by atoms with E-state index in [4.69, 9.17) is 17.0 Å². The van der Waals surface area contributed by atoms with Gasteiger partial charge in [-0.15, -0.1) is 0 Å². The van der Waals surface area contributed by atoms with Gasteiger partial charge in [0.15, 0.2) is 17.2 Å². The zero-order chi connectivity index (χ0) is 24.7. The van der Waals surface area contributed by atoms with E-state index in [0.717, 1.165) is 11.3 Å². The van der Waals surface area contributed by atoms with Crippen molar-refractivity contribution in [3.05, 3.63) is 52.8 Å². The number of rotatable bonds is 9. The van der Waals surface area contributed by atoms with Crippen molar-refractivity contribution in [2.45, 2.75) is 26.1 Å². The van der Waals surface area contributed by atoms with E-state index < -0.39 is 12.8 Å². The van der Waals surface area contributed by atoms with Crippen LogP contribution in [0.3, 0.4) is 0 Å². The van der Waals surface area contributed by atoms with E-state index in [9.17, 15) is 23.2 Å². The van der Waals surface area contributed by atoms with Crippen LogP contribution in [0.2, 0.25) is 0 Å². The molecule has 0 saturated heterocycles. The van der Waals surface area contributed by atoms with Crippen LogP contribution in [0, 0.1) is 16.1 Å². The normalized spacial score (nSPS) is 11.0. The summed E-state index contributed by atoms with van der Waals surface area (Å²) in [5.74, 6) is 0.674. The molecule has 12 heteroatoms. The molecule has 3 rings (SSSR count). The minimum atomic E-state index is -4.53. The predicted molar refractivity (Wildman–Crippen MR) is 120 cm³/mol. The van der Waals surface area contributed by atoms with Crippen LogP contribution in [-0.2, 0) is 11.3 Å². The number of carbonyl (C=O) groups excluding carboxylic acids is 1. The molecule has 0 saturated carbocycles. The molecule has 178 valence electrons. The molecule has 2 N–H and O–H groups in total. The molecule has 1 amide bonds. The molecule has 0 spiro atoms. The first-order valence-electron chi connectivity index (χ1n) is 10.1. The Hall–Kier alpha value is -3.85. The standard InChI is InChI=1S/C22H20F3N5O3S/c1-2-32-17-6-3-14(4-7-17)20-28-29-21(34)30(20)10-9-19(31)27-16-5-8-18(15(11-16)12-26)33-13-22(23,24)25/h3-8,11H,2,9-10,13H2,1H3,(H,27,31)(H,29,34). The number of aromatic nitrogens is 3. The zero-order valence-corrected chi connectivity index (χ0v) is 18.8. The van der Waals surface area contributed by atoms with Crippen LogP contribution < -0.4 is 14.8 Å². The van der Waals surface area contributed by atoms with Gasteiger partial charge < -0.3 is 14.8 Å². The highest BCUT2D eigenvalue weighted by Crippen LogP contribution is 2.25. The molecule has 34 heavy (non-hydrogen) atoms. The van der Waals surface area contributed by atoms with Crippen LogP contribution in [0.25, 0.3) is 11.4 Å². The number of ether oxygens (including phenoxy) is 2. The summed E-state index contributed by atoms with van der Waals surface area (Å²) in [6.07, 6.45) is -4.50. The summed E-state index contributed by atoms with van der Waals surface area (Å²) in [6, 6.07) is 12.9. The Balaban J connectivity index is 1.65. The lowest BCUT2D eigenvalue weighted by Gasteiger charge is -2.12. The number of aromatic amines is 1. The molecule has 0 aliphatic rings. The van der Waals surface area contributed by atoms with Crippen molar-refractivity contribution in [1.82, 2.24) is 14.8 Å². The molecule has 0 unspecified atom stereocenters. The first-order valence-corrected chi connectivity index (χ1v) is 10.5. The van der Waals surface area contributed by atoms with Gasteiger partial charge in [-0.3, -0.25) is 14.5 Å². The Morgan fingerprint density at radius 1 is 1.24 bits per heavy atom. The molecular weight excluding hydrogens is 471 g/mol. The van der Waals surface area contributed by atoms with Crippen LogP contribution in [-0.4, -0.2) is 40.1 Å². The average molecular weight is 491 g/mol. The Morgan fingerprint density at radius 2 is 1.97 bits per heavy atom. The van der Waals surface area contributed by atoms with E-state index in [0.29, 0.717) is 17.2 Å². The number of amides is 1. The number of H-pyrrole nitrogens is 1. The number of hydrogen-bond donors (Lipinski definition) is 2. The number of nitrogens with zero attached hydrogens (tertiary/aromatic N) is 3. The highest BCUT2D eigenvalue weighted by atomic mass is 32.1. The van der Waals surface area contributed by atoms with Gasteiger partial charge in [0.2, 0.25) is 5.91 Å². The fraction of sp³-hybridized carbons (Fsp3) is 0.273. The van der Waals surface area contributed by atoms with Crippen molar-refractivity contribution in [3.63, 3.8) is 0 Å². The molecule has 8 nitrogen and oxygen atoms in total. The van der Waals surface area contributed by atoms with Crippen LogP contribution in [0.4, 0.5) is 18.9 Å². The van der Waals surface area contributed by atoms with Crippen molar-refractivity contribution in [2.75, 3.05) is 18.5 Å². The quantitative estimate of drug-likeness (QED) is 0.415. The largest absolute Gasteiger partial charge is 0.494 e. The molecule has 0 bridgehead atoms. The molecule has 0 aliphatic heterocycles. The first kappa shape index (κ1) is 24.8. The van der Waals surface area contributed by atoms with Crippen molar-refractivity contribution in [2.24, 2.45) is 0 Å². The van der Waals surface area contributed by atoms with Crippen molar-refractivity contribution < 1.29 is 27.4 Å². The van der Waals surface area contributed by atoms with Crippen molar-refractivity contribution >= 4 is 23.8 Å². The van der Waals surface area contributed by atoms with Gasteiger partial charge in [-0.1, -0.05) is 0 Å². The molecule has 1 heterocycles. The molecule has 0 aliphatic carbocycles. The molecule has 2 aromatic carbocycles. The summed E-state index contributed by atoms with van der Waals surface area (Å²) in [5, 5.41) is 18.8. The highest BCUT2D eigenvalue weighted by molar-refractivity contribution is 7.71. The highest BCUT2D eigenvalue weighted by Gasteiger charge is 2.29. The number of hydrogen-bond acceptors (Lipinski definition) is 6. The Bertz CT molecular complexity index is 1250. The molecule has 0 radical (unpaired) electrons. The van der Waals surface area contributed by atoms with Gasteiger partial charge in [0.05, 0.1) is 12.2 Å². The molecule has 3 aromatic rings. The molecular formula is C22H20F3N5O3S. The smallest absolute Gasteiger partial charge is 0.422 e. The summed E-state index contributed by atoms with van der Waals surface area (Å²) in [4.78, 5) is 12.5. The monoisotopic (exact) mass is 491 g/mol. The summed E-state index contributed by atoms with van der Waals surface area (Å²) < 4.78 is 49.2. The first-order chi connectivity index (χ1) is 16.2. The maximum Gasteiger partial charge on any atom is 0.422 e. The number of anilines is 1. The lowest BCUT2D eigenvalue weighted by atomic mass is 10.2. The third kappa shape index (κ3) is 6.58. The van der Waals surface area contributed by atoms with Crippen molar-refractivity contribution in [1.29, 1.82) is 5.26 Å². The van der Waals surface area contributed by atoms with Crippen LogP contribution in [0.1, 0.15) is 18.9 Å². The fourth-order valence-corrected chi connectivity index (χ4v) is 3.25. The van der Waals surface area contributed by atoms with E-state index in [1.165, 1.54) is 18.2 Å². The van der Waals surface area contributed by atoms with E-state index in [1.54, 1.807) is 10.6 Å². The minimum absolute atomic E-state index is 0.0338. The van der Waals surface area contributed by atoms with Crippen LogP contribution in [0.5, 0.6) is 11.5 Å². The molecule has 0 atom stereocenters. The second-order valence-electron chi connectivity index (χ2n) is 6.99. The van der Waals surface area contributed by atoms with E-state index in [-0.39, 0.29) is 35.9 Å². The number of nitriles is 1. The zero-order valence-electron chi connectivity index (χ0n) is 18.0. The van der Waals surface area contributed by atoms with Crippen LogP contribution in [0.15, 0.2) is 42.5 Å². The minimum Gasteiger partial charge on any atom is -0.494 e. The summed E-state index contributed by atoms with van der Waals surface area (Å²) in [6.45, 7) is 1.14. The van der Waals surface area contributed by atoms with Gasteiger partial charge >= 0.3 is 6.18 Å². The maximum absolute atomic E-state index is 12.5. The topological polar surface area (TPSA) is 105 Å². The number of benzene rings is 2. The molecule has 1 aromatic heterocycles. The second-order valence-corrected chi connectivity index (χ2v) is 7.37. The van der Waals surface area contributed by atoms with Gasteiger partial charge in [0, 0.05) is 24.2 Å². The SMILES string of the molecule is CCOc1ccc(-c2n[nH]c(=S)n2CCC(=O)Nc2ccc(OCC(F)(F)F)c(C#N)c2)cc1. The lowest BCUT2D eigenvalue weighted by molar-refractivity contribution is -0.153. The summed E-state index contributed by atoms with van der Waals surface area (Å²) >= 11 is 5.28. The molecule has 0 fully saturated rings. The number of halogens is 3. The number of nitrogens with one attached hydrogen (secondary N) is 2. The van der Waals surface area contributed by atoms with Crippen LogP contribution >= 0.6 is 12.2 Å². The second kappa shape index (κ2) is 10.8. The fourth-order valence-electron chi connectivity index (χ4n) is 3.03. The predicted octanol–water partition coefficient (Wildman–Crippen LogP) is 4.85. The third-order valence-corrected chi connectivity index (χ3v) is 4.83. The van der Waals surface area contributed by atoms with E-state index in [1.807, 2.05) is 31.2 Å². The Kier molecular flexibility index (Phi) is 7.91. The van der Waals surface area contributed by atoms with Gasteiger partial charge in [0.1, 0.15) is 17.6 Å². The Morgan fingerprint density at radius 3 is 2.62 bits per heavy atom. The summed E-state index contributed by atoms with van der Waals surface area (Å²) in [5.41, 5.74) is 0.907. The summed E-state index contributed by atoms with van der Waals surface area (Å²) in [7, 11) is 0. The van der Waals surface area contributed by atoms with Gasteiger partial charge in [-0.2, -0.15) is 23.5 Å². The lowest BCUT2D eigenvalue weighted by Crippen LogP contribution is -2.19. The maximum atomic E-state index is 12.5. The number of alkyl halides is 3. The van der Waals surface area contributed by atoms with Crippen molar-refractivity contribution in [3.8, 4) is 29.0 Å². The Labute approximate surface area is 197 Å². The average Bonchev–Trinajstić information content (AvgIpc) is 3.17.